The molecule has 0 saturated carbocycles. The van der Waals surface area contributed by atoms with E-state index in [0.717, 1.165) is 16.5 Å². The van der Waals surface area contributed by atoms with Gasteiger partial charge in [-0.25, -0.2) is 4.79 Å². The molecule has 4 heteroatoms. The summed E-state index contributed by atoms with van der Waals surface area (Å²) in [5.41, 5.74) is 2.16. The third-order valence-electron chi connectivity index (χ3n) is 2.61. The minimum absolute atomic E-state index is 0.457. The van der Waals surface area contributed by atoms with Crippen molar-refractivity contribution in [3.05, 3.63) is 36.0 Å². The summed E-state index contributed by atoms with van der Waals surface area (Å²) in [6.07, 6.45) is 1.29. The van der Waals surface area contributed by atoms with Crippen LogP contribution < -0.4 is 5.32 Å². The van der Waals surface area contributed by atoms with Gasteiger partial charge < -0.3 is 4.74 Å². The lowest BCUT2D eigenvalue weighted by Gasteiger charge is -2.20. The quantitative estimate of drug-likeness (QED) is 0.844. The fourth-order valence-corrected chi connectivity index (χ4v) is 1.84. The number of hydrogen-bond donors (Lipinski definition) is 1. The van der Waals surface area contributed by atoms with Crippen LogP contribution in [0.3, 0.4) is 0 Å². The van der Waals surface area contributed by atoms with Crippen LogP contribution in [0.2, 0.25) is 0 Å². The van der Waals surface area contributed by atoms with Gasteiger partial charge in [-0.3, -0.25) is 10.3 Å². The number of pyridine rings is 1. The van der Waals surface area contributed by atoms with Gasteiger partial charge in [-0.2, -0.15) is 0 Å². The summed E-state index contributed by atoms with van der Waals surface area (Å²) in [5, 5.41) is 3.68. The molecule has 0 aliphatic carbocycles. The molecule has 4 nitrogen and oxygen atoms in total. The first-order chi connectivity index (χ1) is 8.87. The maximum atomic E-state index is 11.8. The van der Waals surface area contributed by atoms with Crippen molar-refractivity contribution in [2.75, 3.05) is 5.32 Å². The summed E-state index contributed by atoms with van der Waals surface area (Å²) >= 11 is 0. The van der Waals surface area contributed by atoms with E-state index in [4.69, 9.17) is 4.74 Å². The third-order valence-corrected chi connectivity index (χ3v) is 2.61. The Labute approximate surface area is 112 Å². The van der Waals surface area contributed by atoms with E-state index in [2.05, 4.69) is 10.3 Å². The van der Waals surface area contributed by atoms with E-state index < -0.39 is 11.7 Å². The van der Waals surface area contributed by atoms with Crippen LogP contribution in [0.25, 0.3) is 10.9 Å². The molecule has 1 aromatic heterocycles. The van der Waals surface area contributed by atoms with Gasteiger partial charge in [0.15, 0.2) is 0 Å². The number of aromatic nitrogens is 1. The van der Waals surface area contributed by atoms with Crippen LogP contribution in [0.5, 0.6) is 0 Å². The number of hydrogen-bond acceptors (Lipinski definition) is 3. The number of fused-ring (bicyclic) bond motifs is 1. The SMILES string of the molecule is Cc1ccc(NC(=O)OC(C)(C)C)c2cccnc12. The summed E-state index contributed by atoms with van der Waals surface area (Å²) in [6.45, 7) is 7.50. The number of amides is 1. The van der Waals surface area contributed by atoms with Crippen molar-refractivity contribution >= 4 is 22.7 Å². The Bertz CT molecular complexity index is 615. The Kier molecular flexibility index (Phi) is 3.42. The highest BCUT2D eigenvalue weighted by Crippen LogP contribution is 2.25. The maximum absolute atomic E-state index is 11.8. The molecule has 1 heterocycles. The van der Waals surface area contributed by atoms with E-state index in [1.807, 2.05) is 52.0 Å². The van der Waals surface area contributed by atoms with Gasteiger partial charge in [0, 0.05) is 11.6 Å². The first-order valence-corrected chi connectivity index (χ1v) is 6.21. The number of rotatable bonds is 1. The van der Waals surface area contributed by atoms with E-state index in [9.17, 15) is 4.79 Å². The molecular weight excluding hydrogens is 240 g/mol. The van der Waals surface area contributed by atoms with Gasteiger partial charge in [-0.15, -0.1) is 0 Å². The van der Waals surface area contributed by atoms with E-state index in [-0.39, 0.29) is 0 Å². The second-order valence-electron chi connectivity index (χ2n) is 5.46. The monoisotopic (exact) mass is 258 g/mol. The van der Waals surface area contributed by atoms with Crippen molar-refractivity contribution in [3.63, 3.8) is 0 Å². The number of carbonyl (C=O) groups excluding carboxylic acids is 1. The Hall–Kier alpha value is -2.10. The standard InChI is InChI=1S/C15H18N2O2/c1-10-7-8-12(11-6-5-9-16-13(10)11)17-14(18)19-15(2,3)4/h5-9H,1-4H3,(H,17,18). The van der Waals surface area contributed by atoms with Crippen LogP contribution >= 0.6 is 0 Å². The zero-order valence-electron chi connectivity index (χ0n) is 11.7. The highest BCUT2D eigenvalue weighted by atomic mass is 16.6. The number of ether oxygens (including phenoxy) is 1. The highest BCUT2D eigenvalue weighted by molar-refractivity contribution is 5.99. The minimum Gasteiger partial charge on any atom is -0.444 e. The van der Waals surface area contributed by atoms with Gasteiger partial charge in [-0.05, 0) is 51.5 Å². The fourth-order valence-electron chi connectivity index (χ4n) is 1.84. The molecule has 2 rings (SSSR count). The summed E-state index contributed by atoms with van der Waals surface area (Å²) in [6, 6.07) is 7.58. The maximum Gasteiger partial charge on any atom is 0.412 e. The number of benzene rings is 1. The van der Waals surface area contributed by atoms with Crippen molar-refractivity contribution in [1.82, 2.24) is 4.98 Å². The third kappa shape index (κ3) is 3.22. The van der Waals surface area contributed by atoms with Gasteiger partial charge in [0.1, 0.15) is 5.60 Å². The molecule has 1 N–H and O–H groups in total. The molecule has 0 spiro atoms. The zero-order valence-corrected chi connectivity index (χ0v) is 11.7. The van der Waals surface area contributed by atoms with E-state index >= 15 is 0 Å². The molecule has 0 saturated heterocycles. The molecule has 0 aliphatic heterocycles. The molecule has 100 valence electrons. The fraction of sp³-hybridized carbons (Fsp3) is 0.333. The number of nitrogens with one attached hydrogen (secondary N) is 1. The predicted molar refractivity (Wildman–Crippen MR) is 76.3 cm³/mol. The Morgan fingerprint density at radius 1 is 1.26 bits per heavy atom. The molecule has 1 aromatic carbocycles. The average molecular weight is 258 g/mol. The van der Waals surface area contributed by atoms with Gasteiger partial charge in [0.25, 0.3) is 0 Å². The molecule has 0 bridgehead atoms. The van der Waals surface area contributed by atoms with Gasteiger partial charge >= 0.3 is 6.09 Å². The Balaban J connectivity index is 2.31. The highest BCUT2D eigenvalue weighted by Gasteiger charge is 2.17. The molecular formula is C15H18N2O2. The van der Waals surface area contributed by atoms with Crippen LogP contribution in [0.1, 0.15) is 26.3 Å². The molecule has 0 aliphatic rings. The van der Waals surface area contributed by atoms with Crippen molar-refractivity contribution in [2.45, 2.75) is 33.3 Å². The van der Waals surface area contributed by atoms with Crippen molar-refractivity contribution in [2.24, 2.45) is 0 Å². The lowest BCUT2D eigenvalue weighted by molar-refractivity contribution is 0.0636. The summed E-state index contributed by atoms with van der Waals surface area (Å²) in [5.74, 6) is 0. The van der Waals surface area contributed by atoms with Crippen LogP contribution in [-0.4, -0.2) is 16.7 Å². The number of aryl methyl sites for hydroxylation is 1. The average Bonchev–Trinajstić information content (AvgIpc) is 2.31. The second-order valence-corrected chi connectivity index (χ2v) is 5.46. The topological polar surface area (TPSA) is 51.2 Å². The molecule has 2 aromatic rings. The molecule has 0 unspecified atom stereocenters. The van der Waals surface area contributed by atoms with E-state index in [0.29, 0.717) is 5.69 Å². The second kappa shape index (κ2) is 4.88. The van der Waals surface area contributed by atoms with Gasteiger partial charge in [0.2, 0.25) is 0 Å². The minimum atomic E-state index is -0.511. The lowest BCUT2D eigenvalue weighted by Crippen LogP contribution is -2.27. The first-order valence-electron chi connectivity index (χ1n) is 6.21. The summed E-state index contributed by atoms with van der Waals surface area (Å²) in [7, 11) is 0. The predicted octanol–water partition coefficient (Wildman–Crippen LogP) is 3.89. The Morgan fingerprint density at radius 3 is 2.68 bits per heavy atom. The normalized spacial score (nSPS) is 11.4. The van der Waals surface area contributed by atoms with Crippen LogP contribution in [0.4, 0.5) is 10.5 Å². The molecule has 0 radical (unpaired) electrons. The van der Waals surface area contributed by atoms with E-state index in [1.165, 1.54) is 0 Å². The number of anilines is 1. The molecule has 19 heavy (non-hydrogen) atoms. The van der Waals surface area contributed by atoms with Crippen LogP contribution in [-0.2, 0) is 4.74 Å². The molecule has 1 amide bonds. The zero-order chi connectivity index (χ0) is 14.0. The molecule has 0 atom stereocenters. The van der Waals surface area contributed by atoms with Crippen LogP contribution in [0, 0.1) is 6.92 Å². The smallest absolute Gasteiger partial charge is 0.412 e. The lowest BCUT2D eigenvalue weighted by atomic mass is 10.1. The van der Waals surface area contributed by atoms with Gasteiger partial charge in [0.05, 0.1) is 11.2 Å². The first kappa shape index (κ1) is 13.3. The summed E-state index contributed by atoms with van der Waals surface area (Å²) < 4.78 is 5.25. The molecule has 0 fully saturated rings. The van der Waals surface area contributed by atoms with Crippen molar-refractivity contribution in [3.8, 4) is 0 Å². The van der Waals surface area contributed by atoms with Crippen molar-refractivity contribution in [1.29, 1.82) is 0 Å². The van der Waals surface area contributed by atoms with Crippen molar-refractivity contribution < 1.29 is 9.53 Å². The van der Waals surface area contributed by atoms with Crippen LogP contribution in [0.15, 0.2) is 30.5 Å². The summed E-state index contributed by atoms with van der Waals surface area (Å²) in [4.78, 5) is 16.1. The largest absolute Gasteiger partial charge is 0.444 e. The number of nitrogens with zero attached hydrogens (tertiary/aromatic N) is 1. The van der Waals surface area contributed by atoms with E-state index in [1.54, 1.807) is 6.20 Å². The van der Waals surface area contributed by atoms with Gasteiger partial charge in [-0.1, -0.05) is 6.07 Å². The number of carbonyl (C=O) groups is 1. The Morgan fingerprint density at radius 2 is 2.00 bits per heavy atom.